The molecule has 7 nitrogen and oxygen atoms in total. The molecule has 3 rings (SSSR count). The molecule has 0 saturated carbocycles. The van der Waals surface area contributed by atoms with E-state index in [4.69, 9.17) is 5.14 Å². The lowest BCUT2D eigenvalue weighted by Gasteiger charge is -2.16. The topological polar surface area (TPSA) is 109 Å². The number of likely N-dealkylation sites (tertiary alicyclic amines) is 1. The van der Waals surface area contributed by atoms with Crippen LogP contribution < -0.4 is 5.14 Å². The number of carbonyl (C=O) groups excluding carboxylic acids is 1. The number of hydrogen-bond acceptors (Lipinski definition) is 4. The Bertz CT molecular complexity index is 784. The molecule has 1 aliphatic rings. The number of rotatable bonds is 4. The molecule has 1 aromatic carbocycles. The van der Waals surface area contributed by atoms with Crippen molar-refractivity contribution in [2.45, 2.75) is 18.1 Å². The Balaban J connectivity index is 1.66. The molecule has 1 fully saturated rings. The average Bonchev–Trinajstić information content (AvgIpc) is 3.01. The molecule has 0 bridgehead atoms. The number of nitrogens with two attached hydrogens (primary N) is 1. The summed E-state index contributed by atoms with van der Waals surface area (Å²) >= 11 is 0. The number of primary sulfonamides is 1. The predicted octanol–water partition coefficient (Wildman–Crippen LogP) is -0.00520. The van der Waals surface area contributed by atoms with E-state index in [-0.39, 0.29) is 18.9 Å². The molecule has 1 atom stereocenters. The van der Waals surface area contributed by atoms with Gasteiger partial charge in [0.15, 0.2) is 0 Å². The van der Waals surface area contributed by atoms with E-state index in [1.54, 1.807) is 11.2 Å². The number of aromatic amines is 1. The van der Waals surface area contributed by atoms with Crippen LogP contribution in [0.5, 0.6) is 0 Å². The first kappa shape index (κ1) is 14.0. The second-order valence-electron chi connectivity index (χ2n) is 5.26. The zero-order valence-electron chi connectivity index (χ0n) is 11.3. The lowest BCUT2D eigenvalue weighted by molar-refractivity contribution is -0.127. The van der Waals surface area contributed by atoms with Crippen LogP contribution in [0.1, 0.15) is 12.0 Å². The van der Waals surface area contributed by atoms with Crippen molar-refractivity contribution >= 4 is 27.0 Å². The van der Waals surface area contributed by atoms with Crippen molar-refractivity contribution in [1.82, 2.24) is 14.9 Å². The smallest absolute Gasteiger partial charge is 0.224 e. The van der Waals surface area contributed by atoms with Crippen molar-refractivity contribution in [2.75, 3.05) is 13.1 Å². The van der Waals surface area contributed by atoms with Gasteiger partial charge in [0.25, 0.3) is 0 Å². The fourth-order valence-corrected chi connectivity index (χ4v) is 3.34. The molecule has 1 unspecified atom stereocenters. The number of nitrogens with zero attached hydrogens (tertiary/aromatic N) is 2. The minimum atomic E-state index is -3.65. The van der Waals surface area contributed by atoms with Crippen molar-refractivity contribution in [3.63, 3.8) is 0 Å². The lowest BCUT2D eigenvalue weighted by atomic mass is 10.1. The molecule has 21 heavy (non-hydrogen) atoms. The third kappa shape index (κ3) is 2.91. The number of carbonyl (C=O) groups is 1. The van der Waals surface area contributed by atoms with Crippen LogP contribution >= 0.6 is 0 Å². The van der Waals surface area contributed by atoms with Crippen LogP contribution in [0.2, 0.25) is 0 Å². The molecule has 1 saturated heterocycles. The van der Waals surface area contributed by atoms with Crippen LogP contribution in [0.25, 0.3) is 11.0 Å². The molecule has 8 heteroatoms. The number of aromatic nitrogens is 2. The number of amides is 1. The Morgan fingerprint density at radius 2 is 2.24 bits per heavy atom. The molecular formula is C13H16N4O3S. The predicted molar refractivity (Wildman–Crippen MR) is 77.9 cm³/mol. The van der Waals surface area contributed by atoms with Crippen LogP contribution in [0, 0.1) is 0 Å². The van der Waals surface area contributed by atoms with Gasteiger partial charge in [-0.05, 0) is 24.1 Å². The number of hydrogen-bond donors (Lipinski definition) is 2. The summed E-state index contributed by atoms with van der Waals surface area (Å²) < 4.78 is 22.6. The molecule has 1 aliphatic heterocycles. The van der Waals surface area contributed by atoms with Gasteiger partial charge in [-0.25, -0.2) is 18.5 Å². The van der Waals surface area contributed by atoms with Crippen molar-refractivity contribution in [2.24, 2.45) is 5.14 Å². The van der Waals surface area contributed by atoms with Crippen molar-refractivity contribution in [3.05, 3.63) is 30.1 Å². The van der Waals surface area contributed by atoms with E-state index in [0.717, 1.165) is 16.6 Å². The van der Waals surface area contributed by atoms with Crippen molar-refractivity contribution < 1.29 is 13.2 Å². The van der Waals surface area contributed by atoms with E-state index >= 15 is 0 Å². The van der Waals surface area contributed by atoms with Crippen LogP contribution in [-0.4, -0.2) is 47.5 Å². The quantitative estimate of drug-likeness (QED) is 0.828. The summed E-state index contributed by atoms with van der Waals surface area (Å²) in [5.74, 6) is -0.156. The van der Waals surface area contributed by atoms with Gasteiger partial charge < -0.3 is 9.88 Å². The summed E-state index contributed by atoms with van der Waals surface area (Å²) in [5, 5.41) is 4.33. The Hall–Kier alpha value is -1.93. The summed E-state index contributed by atoms with van der Waals surface area (Å²) in [4.78, 5) is 20.6. The third-order valence-corrected chi connectivity index (χ3v) is 5.04. The minimum Gasteiger partial charge on any atom is -0.345 e. The van der Waals surface area contributed by atoms with E-state index < -0.39 is 15.3 Å². The fraction of sp³-hybridized carbons (Fsp3) is 0.385. The normalized spacial score (nSPS) is 19.6. The molecular weight excluding hydrogens is 292 g/mol. The van der Waals surface area contributed by atoms with Crippen LogP contribution in [0.4, 0.5) is 0 Å². The molecule has 112 valence electrons. The maximum Gasteiger partial charge on any atom is 0.224 e. The first-order chi connectivity index (χ1) is 9.93. The molecule has 3 N–H and O–H groups in total. The molecule has 0 spiro atoms. The Morgan fingerprint density at radius 1 is 1.43 bits per heavy atom. The van der Waals surface area contributed by atoms with Gasteiger partial charge in [-0.2, -0.15) is 0 Å². The molecule has 0 radical (unpaired) electrons. The van der Waals surface area contributed by atoms with Gasteiger partial charge in [0.05, 0.1) is 17.4 Å². The van der Waals surface area contributed by atoms with E-state index in [1.807, 2.05) is 18.2 Å². The highest BCUT2D eigenvalue weighted by Gasteiger charge is 2.35. The van der Waals surface area contributed by atoms with E-state index in [9.17, 15) is 13.2 Å². The van der Waals surface area contributed by atoms with Gasteiger partial charge in [0, 0.05) is 19.5 Å². The number of nitrogens with one attached hydrogen (secondary N) is 1. The Labute approximate surface area is 122 Å². The summed E-state index contributed by atoms with van der Waals surface area (Å²) in [6, 6.07) is 5.86. The van der Waals surface area contributed by atoms with Gasteiger partial charge >= 0.3 is 0 Å². The highest BCUT2D eigenvalue weighted by molar-refractivity contribution is 7.89. The third-order valence-electron chi connectivity index (χ3n) is 3.80. The maximum absolute atomic E-state index is 11.8. The number of H-pyrrole nitrogens is 1. The van der Waals surface area contributed by atoms with Crippen molar-refractivity contribution in [3.8, 4) is 0 Å². The number of benzene rings is 1. The average molecular weight is 308 g/mol. The van der Waals surface area contributed by atoms with Gasteiger partial charge in [-0.15, -0.1) is 0 Å². The van der Waals surface area contributed by atoms with E-state index in [2.05, 4.69) is 9.97 Å². The summed E-state index contributed by atoms with van der Waals surface area (Å²) in [6.45, 7) is 0.675. The summed E-state index contributed by atoms with van der Waals surface area (Å²) in [7, 11) is -3.65. The lowest BCUT2D eigenvalue weighted by Crippen LogP contribution is -2.33. The van der Waals surface area contributed by atoms with E-state index in [1.165, 1.54) is 0 Å². The number of sulfonamides is 1. The van der Waals surface area contributed by atoms with Gasteiger partial charge in [-0.3, -0.25) is 4.79 Å². The summed E-state index contributed by atoms with van der Waals surface area (Å²) in [6.07, 6.45) is 2.28. The molecule has 2 heterocycles. The first-order valence-electron chi connectivity index (χ1n) is 6.65. The molecule has 1 amide bonds. The fourth-order valence-electron chi connectivity index (χ4n) is 2.57. The molecule has 2 aromatic rings. The monoisotopic (exact) mass is 308 g/mol. The molecule has 0 aliphatic carbocycles. The van der Waals surface area contributed by atoms with Crippen LogP contribution in [0.3, 0.4) is 0 Å². The number of imidazole rings is 1. The van der Waals surface area contributed by atoms with Gasteiger partial charge in [-0.1, -0.05) is 6.07 Å². The standard InChI is InChI=1S/C13H16N4O3S/c14-21(19,20)10-6-13(18)17(7-10)4-3-9-1-2-11-12(5-9)16-8-15-11/h1-2,5,8,10H,3-4,6-7H2,(H,15,16)(H2,14,19,20). The minimum absolute atomic E-state index is 0.0155. The second-order valence-corrected chi connectivity index (χ2v) is 7.10. The zero-order chi connectivity index (χ0) is 15.0. The maximum atomic E-state index is 11.8. The second kappa shape index (κ2) is 5.12. The number of fused-ring (bicyclic) bond motifs is 1. The van der Waals surface area contributed by atoms with Gasteiger partial charge in [0.1, 0.15) is 5.25 Å². The Kier molecular flexibility index (Phi) is 3.42. The van der Waals surface area contributed by atoms with Crippen LogP contribution in [-0.2, 0) is 21.2 Å². The van der Waals surface area contributed by atoms with Crippen molar-refractivity contribution in [1.29, 1.82) is 0 Å². The highest BCUT2D eigenvalue weighted by Crippen LogP contribution is 2.18. The Morgan fingerprint density at radius 3 is 2.95 bits per heavy atom. The SMILES string of the molecule is NS(=O)(=O)C1CC(=O)N(CCc2ccc3nc[nH]c3c2)C1. The molecule has 1 aromatic heterocycles. The van der Waals surface area contributed by atoms with Gasteiger partial charge in [0.2, 0.25) is 15.9 Å². The van der Waals surface area contributed by atoms with E-state index in [0.29, 0.717) is 13.0 Å². The highest BCUT2D eigenvalue weighted by atomic mass is 32.2. The largest absolute Gasteiger partial charge is 0.345 e. The van der Waals surface area contributed by atoms with Crippen LogP contribution in [0.15, 0.2) is 24.5 Å². The summed E-state index contributed by atoms with van der Waals surface area (Å²) in [5.41, 5.74) is 2.91. The zero-order valence-corrected chi connectivity index (χ0v) is 12.1. The first-order valence-corrected chi connectivity index (χ1v) is 8.26.